The van der Waals surface area contributed by atoms with Crippen LogP contribution < -0.4 is 11.1 Å². The van der Waals surface area contributed by atoms with Gasteiger partial charge in [-0.3, -0.25) is 9.78 Å². The fourth-order valence-electron chi connectivity index (χ4n) is 3.62. The molecular formula is C18H14N2O4. The van der Waals surface area contributed by atoms with Gasteiger partial charge in [-0.25, -0.2) is 4.79 Å². The van der Waals surface area contributed by atoms with Crippen molar-refractivity contribution in [2.75, 3.05) is 5.32 Å². The van der Waals surface area contributed by atoms with E-state index >= 15 is 0 Å². The first-order chi connectivity index (χ1) is 11.7. The average molecular weight is 322 g/mol. The number of fused-ring (bicyclic) bond motifs is 6. The summed E-state index contributed by atoms with van der Waals surface area (Å²) in [5.41, 5.74) is 4.56. The van der Waals surface area contributed by atoms with Crippen molar-refractivity contribution in [1.82, 2.24) is 4.98 Å². The van der Waals surface area contributed by atoms with Crippen molar-refractivity contribution in [3.63, 3.8) is 0 Å². The van der Waals surface area contributed by atoms with E-state index in [1.54, 1.807) is 18.2 Å². The number of carbonyl (C=O) groups is 1. The smallest absolute Gasteiger partial charge is 0.408 e. The maximum absolute atomic E-state index is 12.5. The molecule has 2 aliphatic heterocycles. The molecule has 2 aromatic carbocycles. The van der Waals surface area contributed by atoms with E-state index in [1.165, 1.54) is 5.56 Å². The second kappa shape index (κ2) is 4.82. The van der Waals surface area contributed by atoms with E-state index in [2.05, 4.69) is 10.3 Å². The minimum atomic E-state index is -0.512. The Morgan fingerprint density at radius 2 is 1.92 bits per heavy atom. The van der Waals surface area contributed by atoms with Crippen molar-refractivity contribution < 1.29 is 13.9 Å². The quantitative estimate of drug-likeness (QED) is 0.758. The van der Waals surface area contributed by atoms with E-state index in [0.29, 0.717) is 22.4 Å². The molecule has 0 radical (unpaired) electrons. The summed E-state index contributed by atoms with van der Waals surface area (Å²) in [6.45, 7) is 0. The third-order valence-electron chi connectivity index (χ3n) is 4.74. The number of ether oxygens (including phenoxy) is 1. The molecule has 24 heavy (non-hydrogen) atoms. The summed E-state index contributed by atoms with van der Waals surface area (Å²) in [7, 11) is 0. The third kappa shape index (κ3) is 2.00. The SMILES string of the molecule is O=C(Nc1ccc2oc(=O)[nH]c2c1)c1ccc2c(c1)C1CCC2O1. The zero-order valence-electron chi connectivity index (χ0n) is 12.7. The lowest BCUT2D eigenvalue weighted by Gasteiger charge is -2.13. The second-order valence-electron chi connectivity index (χ2n) is 6.21. The largest absolute Gasteiger partial charge is 0.417 e. The summed E-state index contributed by atoms with van der Waals surface area (Å²) in [6.07, 6.45) is 2.41. The molecule has 0 saturated carbocycles. The van der Waals surface area contributed by atoms with Gasteiger partial charge < -0.3 is 14.5 Å². The van der Waals surface area contributed by atoms with Crippen LogP contribution in [0.2, 0.25) is 0 Å². The molecule has 2 atom stereocenters. The minimum absolute atomic E-state index is 0.130. The molecule has 2 N–H and O–H groups in total. The maximum atomic E-state index is 12.5. The van der Waals surface area contributed by atoms with Crippen molar-refractivity contribution in [3.8, 4) is 0 Å². The zero-order valence-corrected chi connectivity index (χ0v) is 12.7. The molecule has 1 saturated heterocycles. The molecule has 2 bridgehead atoms. The average Bonchev–Trinajstić information content (AvgIpc) is 3.27. The summed E-state index contributed by atoms with van der Waals surface area (Å²) in [5, 5.41) is 2.85. The summed E-state index contributed by atoms with van der Waals surface area (Å²) in [5.74, 6) is -0.701. The Kier molecular flexibility index (Phi) is 2.72. The van der Waals surface area contributed by atoms with Gasteiger partial charge in [0.15, 0.2) is 5.58 Å². The number of anilines is 1. The van der Waals surface area contributed by atoms with Gasteiger partial charge in [0.1, 0.15) is 0 Å². The van der Waals surface area contributed by atoms with Crippen LogP contribution in [0.3, 0.4) is 0 Å². The molecule has 0 spiro atoms. The summed E-state index contributed by atoms with van der Waals surface area (Å²) < 4.78 is 10.8. The first-order valence-corrected chi connectivity index (χ1v) is 7.91. The normalized spacial score (nSPS) is 21.2. The molecule has 1 amide bonds. The van der Waals surface area contributed by atoms with Crippen molar-refractivity contribution in [2.45, 2.75) is 25.0 Å². The van der Waals surface area contributed by atoms with Crippen LogP contribution in [-0.2, 0) is 4.74 Å². The molecule has 3 heterocycles. The maximum Gasteiger partial charge on any atom is 0.417 e. The third-order valence-corrected chi connectivity index (χ3v) is 4.74. The predicted molar refractivity (Wildman–Crippen MR) is 87.0 cm³/mol. The molecule has 2 unspecified atom stereocenters. The molecule has 2 aliphatic rings. The van der Waals surface area contributed by atoms with E-state index in [1.807, 2.05) is 18.2 Å². The van der Waals surface area contributed by atoms with Gasteiger partial charge in [0.2, 0.25) is 0 Å². The van der Waals surface area contributed by atoms with Crippen LogP contribution in [-0.4, -0.2) is 10.9 Å². The number of hydrogen-bond donors (Lipinski definition) is 2. The van der Waals surface area contributed by atoms with Gasteiger partial charge in [0.05, 0.1) is 17.7 Å². The Hall–Kier alpha value is -2.86. The Bertz CT molecular complexity index is 1030. The number of amides is 1. The fraction of sp³-hybridized carbons (Fsp3) is 0.222. The van der Waals surface area contributed by atoms with Crippen LogP contribution in [0.5, 0.6) is 0 Å². The Morgan fingerprint density at radius 3 is 2.79 bits per heavy atom. The number of nitrogens with one attached hydrogen (secondary N) is 2. The number of aromatic nitrogens is 1. The highest BCUT2D eigenvalue weighted by Crippen LogP contribution is 2.50. The van der Waals surface area contributed by atoms with Crippen LogP contribution in [0.4, 0.5) is 5.69 Å². The van der Waals surface area contributed by atoms with E-state index in [0.717, 1.165) is 18.4 Å². The van der Waals surface area contributed by atoms with Crippen LogP contribution in [0.25, 0.3) is 11.1 Å². The lowest BCUT2D eigenvalue weighted by atomic mass is 9.90. The van der Waals surface area contributed by atoms with Crippen LogP contribution in [0.1, 0.15) is 46.5 Å². The molecule has 120 valence electrons. The highest BCUT2D eigenvalue weighted by atomic mass is 16.5. The first-order valence-electron chi connectivity index (χ1n) is 7.91. The molecule has 1 fully saturated rings. The van der Waals surface area contributed by atoms with Crippen molar-refractivity contribution >= 4 is 22.7 Å². The van der Waals surface area contributed by atoms with Gasteiger partial charge in [-0.1, -0.05) is 6.07 Å². The number of oxazole rings is 1. The van der Waals surface area contributed by atoms with Crippen molar-refractivity contribution in [3.05, 3.63) is 63.6 Å². The molecule has 1 aromatic heterocycles. The summed E-state index contributed by atoms with van der Waals surface area (Å²) in [4.78, 5) is 26.3. The molecular weight excluding hydrogens is 308 g/mol. The highest BCUT2D eigenvalue weighted by Gasteiger charge is 2.38. The molecule has 5 rings (SSSR count). The Morgan fingerprint density at radius 1 is 1.08 bits per heavy atom. The minimum Gasteiger partial charge on any atom is -0.408 e. The number of aromatic amines is 1. The Balaban J connectivity index is 1.43. The standard InChI is InChI=1S/C18H14N2O4/c21-17(19-10-2-4-16-13(8-10)20-18(22)24-16)9-1-3-11-12(7-9)15-6-5-14(11)23-15/h1-4,7-8,14-15H,5-6H2,(H,19,21)(H,20,22). The lowest BCUT2D eigenvalue weighted by Crippen LogP contribution is -2.13. The van der Waals surface area contributed by atoms with E-state index in [9.17, 15) is 9.59 Å². The number of H-pyrrole nitrogens is 1. The van der Waals surface area contributed by atoms with Crippen LogP contribution in [0.15, 0.2) is 45.6 Å². The van der Waals surface area contributed by atoms with Gasteiger partial charge in [-0.05, 0) is 54.3 Å². The molecule has 0 aliphatic carbocycles. The highest BCUT2D eigenvalue weighted by molar-refractivity contribution is 6.05. The number of benzene rings is 2. The predicted octanol–water partition coefficient (Wildman–Crippen LogP) is 3.28. The zero-order chi connectivity index (χ0) is 16.3. The number of rotatable bonds is 2. The fourth-order valence-corrected chi connectivity index (χ4v) is 3.62. The van der Waals surface area contributed by atoms with E-state index in [-0.39, 0.29) is 18.1 Å². The summed E-state index contributed by atoms with van der Waals surface area (Å²) in [6, 6.07) is 10.8. The summed E-state index contributed by atoms with van der Waals surface area (Å²) >= 11 is 0. The van der Waals surface area contributed by atoms with Gasteiger partial charge in [-0.15, -0.1) is 0 Å². The molecule has 6 heteroatoms. The van der Waals surface area contributed by atoms with Crippen molar-refractivity contribution in [1.29, 1.82) is 0 Å². The molecule has 3 aromatic rings. The topological polar surface area (TPSA) is 84.3 Å². The second-order valence-corrected chi connectivity index (χ2v) is 6.21. The number of carbonyl (C=O) groups excluding carboxylic acids is 1. The first kappa shape index (κ1) is 13.6. The Labute approximate surface area is 136 Å². The van der Waals surface area contributed by atoms with Gasteiger partial charge in [0.25, 0.3) is 5.91 Å². The van der Waals surface area contributed by atoms with Gasteiger partial charge in [-0.2, -0.15) is 0 Å². The van der Waals surface area contributed by atoms with E-state index in [4.69, 9.17) is 9.15 Å². The molecule has 6 nitrogen and oxygen atoms in total. The monoisotopic (exact) mass is 322 g/mol. The van der Waals surface area contributed by atoms with Gasteiger partial charge in [0, 0.05) is 11.3 Å². The lowest BCUT2D eigenvalue weighted by molar-refractivity contribution is 0.0716. The van der Waals surface area contributed by atoms with Crippen LogP contribution >= 0.6 is 0 Å². The van der Waals surface area contributed by atoms with Gasteiger partial charge >= 0.3 is 5.76 Å². The number of hydrogen-bond acceptors (Lipinski definition) is 4. The van der Waals surface area contributed by atoms with E-state index < -0.39 is 5.76 Å². The van der Waals surface area contributed by atoms with Crippen LogP contribution in [0, 0.1) is 0 Å². The van der Waals surface area contributed by atoms with Crippen molar-refractivity contribution in [2.24, 2.45) is 0 Å².